The second-order valence-corrected chi connectivity index (χ2v) is 14.0. The van der Waals surface area contributed by atoms with E-state index < -0.39 is 17.6 Å². The molecule has 56 heavy (non-hydrogen) atoms. The summed E-state index contributed by atoms with van der Waals surface area (Å²) in [6.45, 7) is 5.99. The van der Waals surface area contributed by atoms with Crippen LogP contribution in [0, 0.1) is 17.5 Å². The molecule has 11 nitrogen and oxygen atoms in total. The first-order valence-electron chi connectivity index (χ1n) is 18.5. The monoisotopic (exact) mass is 769 g/mol. The zero-order chi connectivity index (χ0) is 39.2. The lowest BCUT2D eigenvalue weighted by Crippen LogP contribution is -2.47. The van der Waals surface area contributed by atoms with E-state index in [2.05, 4.69) is 25.1 Å². The van der Waals surface area contributed by atoms with Crippen LogP contribution in [0.2, 0.25) is 0 Å². The number of hydrogen-bond acceptors (Lipinski definition) is 7. The van der Waals surface area contributed by atoms with Crippen molar-refractivity contribution in [2.45, 2.75) is 37.8 Å². The molecule has 0 unspecified atom stereocenters. The predicted molar refractivity (Wildman–Crippen MR) is 205 cm³/mol. The summed E-state index contributed by atoms with van der Waals surface area (Å²) in [5.41, 5.74) is 1.92. The Bertz CT molecular complexity index is 2300. The van der Waals surface area contributed by atoms with Crippen LogP contribution in [-0.4, -0.2) is 93.3 Å². The van der Waals surface area contributed by atoms with Crippen LogP contribution in [0.15, 0.2) is 91.0 Å². The highest BCUT2D eigenvalue weighted by Crippen LogP contribution is 2.32. The number of aromatic carboxylic acids is 1. The lowest BCUT2D eigenvalue weighted by Gasteiger charge is -2.35. The summed E-state index contributed by atoms with van der Waals surface area (Å²) in [6.07, 6.45) is 3.49. The number of likely N-dealkylation sites (tertiary alicyclic amines) is 2. The highest BCUT2D eigenvalue weighted by atomic mass is 19.2. The number of H-pyrrole nitrogens is 2. The highest BCUT2D eigenvalue weighted by molar-refractivity contribution is 6.00. The van der Waals surface area contributed by atoms with Gasteiger partial charge in [-0.2, -0.15) is 0 Å². The lowest BCUT2D eigenvalue weighted by atomic mass is 10.0. The van der Waals surface area contributed by atoms with E-state index in [4.69, 9.17) is 14.6 Å². The number of carboxylic acids is 1. The number of amides is 1. The fourth-order valence-corrected chi connectivity index (χ4v) is 6.96. The number of aliphatic hydroxyl groups is 1. The zero-order valence-electron chi connectivity index (χ0n) is 30.4. The second kappa shape index (κ2) is 17.3. The molecule has 2 aromatic heterocycles. The Morgan fingerprint density at radius 2 is 1.21 bits per heavy atom. The fourth-order valence-electron chi connectivity index (χ4n) is 6.96. The minimum atomic E-state index is -1.09. The Balaban J connectivity index is 0.000000195. The summed E-state index contributed by atoms with van der Waals surface area (Å²) >= 11 is 0. The van der Waals surface area contributed by atoms with Crippen molar-refractivity contribution in [2.75, 3.05) is 39.3 Å². The molecule has 4 heterocycles. The van der Waals surface area contributed by atoms with Crippen molar-refractivity contribution < 1.29 is 42.4 Å². The van der Waals surface area contributed by atoms with Crippen LogP contribution in [0.5, 0.6) is 23.0 Å². The summed E-state index contributed by atoms with van der Waals surface area (Å²) in [5, 5.41) is 23.2. The second-order valence-electron chi connectivity index (χ2n) is 14.0. The number of carbonyl (C=O) groups is 2. The van der Waals surface area contributed by atoms with Crippen LogP contribution in [0.1, 0.15) is 46.7 Å². The number of hydrogen-bond donors (Lipinski definition) is 5. The van der Waals surface area contributed by atoms with Crippen LogP contribution in [0.4, 0.5) is 13.2 Å². The maximum Gasteiger partial charge on any atom is 0.352 e. The molecule has 0 saturated carbocycles. The third kappa shape index (κ3) is 9.51. The molecule has 2 fully saturated rings. The molecule has 2 aliphatic rings. The third-order valence-corrected chi connectivity index (χ3v) is 10.1. The number of carbonyl (C=O) groups excluding carboxylic acids is 1. The molecule has 0 spiro atoms. The fraction of sp³-hybridized carbons (Fsp3) is 0.286. The van der Waals surface area contributed by atoms with Gasteiger partial charge < -0.3 is 44.8 Å². The van der Waals surface area contributed by atoms with E-state index >= 15 is 0 Å². The van der Waals surface area contributed by atoms with E-state index in [1.807, 2.05) is 24.3 Å². The average Bonchev–Trinajstić information content (AvgIpc) is 3.85. The summed E-state index contributed by atoms with van der Waals surface area (Å²) in [5.74, 6) is -1.87. The third-order valence-electron chi connectivity index (χ3n) is 10.1. The largest absolute Gasteiger partial charge is 0.477 e. The Morgan fingerprint density at radius 3 is 1.80 bits per heavy atom. The summed E-state index contributed by atoms with van der Waals surface area (Å²) in [4.78, 5) is 34.8. The van der Waals surface area contributed by atoms with E-state index in [1.165, 1.54) is 24.3 Å². The van der Waals surface area contributed by atoms with E-state index in [9.17, 15) is 27.9 Å². The van der Waals surface area contributed by atoms with Crippen molar-refractivity contribution in [3.8, 4) is 23.0 Å². The number of aromatic amines is 2. The normalized spacial score (nSPS) is 15.7. The molecule has 0 bridgehead atoms. The SMILES string of the molecule is O=C(NC1CCN(CCN2CCC(O)CC2)CC1)c1cc2c(Oc3ccc(F)cc3)cccc2[nH]1.O=C(O)c1cc2c(Oc3ccc(F)c(F)c3)cccc2[nH]1. The number of aliphatic hydroxyl groups excluding tert-OH is 1. The molecule has 6 aromatic rings. The Hall–Kier alpha value is -5.83. The van der Waals surface area contributed by atoms with Crippen molar-refractivity contribution in [3.05, 3.63) is 120 Å². The molecule has 2 saturated heterocycles. The molecule has 2 aliphatic heterocycles. The summed E-state index contributed by atoms with van der Waals surface area (Å²) in [7, 11) is 0. The van der Waals surface area contributed by atoms with Crippen LogP contribution >= 0.6 is 0 Å². The van der Waals surface area contributed by atoms with Gasteiger partial charge in [-0.3, -0.25) is 4.79 Å². The first-order chi connectivity index (χ1) is 27.1. The molecular weight excluding hydrogens is 727 g/mol. The first-order valence-corrected chi connectivity index (χ1v) is 18.5. The number of rotatable bonds is 10. The smallest absolute Gasteiger partial charge is 0.352 e. The maximum atomic E-state index is 13.2. The predicted octanol–water partition coefficient (Wildman–Crippen LogP) is 7.69. The number of fused-ring (bicyclic) bond motifs is 2. The minimum absolute atomic E-state index is 0.0198. The van der Waals surface area contributed by atoms with Gasteiger partial charge in [-0.25, -0.2) is 18.0 Å². The van der Waals surface area contributed by atoms with E-state index in [0.29, 0.717) is 33.8 Å². The van der Waals surface area contributed by atoms with Gasteiger partial charge in [0.2, 0.25) is 0 Å². The zero-order valence-corrected chi connectivity index (χ0v) is 30.4. The number of benzene rings is 4. The number of nitrogens with zero attached hydrogens (tertiary/aromatic N) is 2. The Kier molecular flexibility index (Phi) is 11.9. The van der Waals surface area contributed by atoms with Crippen molar-refractivity contribution in [1.29, 1.82) is 0 Å². The topological polar surface area (TPSA) is 143 Å². The minimum Gasteiger partial charge on any atom is -0.477 e. The quantitative estimate of drug-likeness (QED) is 0.0955. The van der Waals surface area contributed by atoms with Gasteiger partial charge in [0.15, 0.2) is 11.6 Å². The number of carboxylic acid groups (broad SMARTS) is 1. The van der Waals surface area contributed by atoms with E-state index in [0.717, 1.165) is 88.0 Å². The molecule has 5 N–H and O–H groups in total. The number of ether oxygens (including phenoxy) is 2. The molecule has 0 radical (unpaired) electrons. The van der Waals surface area contributed by atoms with Gasteiger partial charge in [0.25, 0.3) is 5.91 Å². The molecule has 4 aromatic carbocycles. The Morgan fingerprint density at radius 1 is 0.679 bits per heavy atom. The first kappa shape index (κ1) is 38.4. The Labute approximate surface area is 320 Å². The lowest BCUT2D eigenvalue weighted by molar-refractivity contribution is 0.0691. The maximum absolute atomic E-state index is 13.2. The van der Waals surface area contributed by atoms with Gasteiger partial charge in [0, 0.05) is 73.2 Å². The van der Waals surface area contributed by atoms with E-state index in [1.54, 1.807) is 30.3 Å². The number of nitrogens with one attached hydrogen (secondary N) is 3. The number of halogens is 3. The summed E-state index contributed by atoms with van der Waals surface area (Å²) in [6, 6.07) is 23.0. The van der Waals surface area contributed by atoms with Crippen molar-refractivity contribution >= 4 is 33.7 Å². The van der Waals surface area contributed by atoms with Crippen molar-refractivity contribution in [2.24, 2.45) is 0 Å². The van der Waals surface area contributed by atoms with Crippen LogP contribution < -0.4 is 14.8 Å². The van der Waals surface area contributed by atoms with Gasteiger partial charge >= 0.3 is 5.97 Å². The van der Waals surface area contributed by atoms with Gasteiger partial charge in [-0.05, 0) is 98.5 Å². The summed E-state index contributed by atoms with van der Waals surface area (Å²) < 4.78 is 50.7. The van der Waals surface area contributed by atoms with Gasteiger partial charge in [-0.1, -0.05) is 12.1 Å². The molecule has 14 heteroatoms. The molecule has 292 valence electrons. The van der Waals surface area contributed by atoms with Gasteiger partial charge in [0.05, 0.1) is 6.10 Å². The van der Waals surface area contributed by atoms with Crippen molar-refractivity contribution in [3.63, 3.8) is 0 Å². The highest BCUT2D eigenvalue weighted by Gasteiger charge is 2.24. The number of aromatic nitrogens is 2. The molecule has 1 amide bonds. The molecule has 0 atom stereocenters. The molecule has 0 aliphatic carbocycles. The van der Waals surface area contributed by atoms with Crippen molar-refractivity contribution in [1.82, 2.24) is 25.1 Å². The van der Waals surface area contributed by atoms with E-state index in [-0.39, 0.29) is 35.3 Å². The standard InChI is InChI=1S/C27H33FN4O3.C15H9F2NO3/c28-19-4-6-22(7-5-19)35-26-3-1-2-24-23(26)18-25(30-24)27(34)29-20-8-12-31(13-9-20)16-17-32-14-10-21(33)11-15-32;16-10-5-4-8(6-11(10)17)21-14-3-1-2-12-9(14)7-13(18-12)15(19)20/h1-7,18,20-21,30,33H,8-17H2,(H,29,34);1-7,18H,(H,19,20). The molecular formula is C42H42F3N5O6. The molecule has 8 rings (SSSR count). The van der Waals surface area contributed by atoms with Crippen LogP contribution in [-0.2, 0) is 0 Å². The van der Waals surface area contributed by atoms with Crippen LogP contribution in [0.3, 0.4) is 0 Å². The average molecular weight is 770 g/mol. The van der Waals surface area contributed by atoms with Gasteiger partial charge in [0.1, 0.15) is 40.2 Å². The van der Waals surface area contributed by atoms with Gasteiger partial charge in [-0.15, -0.1) is 0 Å². The van der Waals surface area contributed by atoms with Crippen LogP contribution in [0.25, 0.3) is 21.8 Å². The number of piperidine rings is 2.